The van der Waals surface area contributed by atoms with Crippen molar-refractivity contribution >= 4 is 23.8 Å². The highest BCUT2D eigenvalue weighted by molar-refractivity contribution is 5.87. The maximum atomic E-state index is 12.9. The highest BCUT2D eigenvalue weighted by Gasteiger charge is 2.19. The number of aliphatic hydroxyl groups is 1. The zero-order chi connectivity index (χ0) is 45.4. The van der Waals surface area contributed by atoms with Crippen molar-refractivity contribution in [3.63, 3.8) is 0 Å². The zero-order valence-electron chi connectivity index (χ0n) is 40.4. The lowest BCUT2D eigenvalue weighted by Gasteiger charge is -2.18. The van der Waals surface area contributed by atoms with E-state index in [9.17, 15) is 19.2 Å². The average molecular weight is 875 g/mol. The van der Waals surface area contributed by atoms with Gasteiger partial charge >= 0.3 is 11.9 Å². The Morgan fingerprint density at radius 3 is 1.35 bits per heavy atom. The number of allylic oxidation sites excluding steroid dienone is 4. The number of nitrogens with one attached hydrogen (secondary N) is 2. The summed E-state index contributed by atoms with van der Waals surface area (Å²) in [6.07, 6.45) is 55.1. The quantitative estimate of drug-likeness (QED) is 0.0271. The number of ether oxygens (including phenoxy) is 1. The molecule has 9 heteroatoms. The number of unbranched alkanes of at least 4 members (excludes halogenated alkanes) is 30. The van der Waals surface area contributed by atoms with E-state index in [0.29, 0.717) is 12.8 Å². The van der Waals surface area contributed by atoms with E-state index in [-0.39, 0.29) is 30.9 Å². The molecule has 0 aromatic rings. The molecule has 9 nitrogen and oxygen atoms in total. The molecule has 0 saturated heterocycles. The van der Waals surface area contributed by atoms with Crippen molar-refractivity contribution in [2.45, 2.75) is 276 Å². The number of carboxylic acids is 1. The van der Waals surface area contributed by atoms with E-state index in [0.717, 1.165) is 70.6 Å². The highest BCUT2D eigenvalue weighted by atomic mass is 16.5. The molecule has 62 heavy (non-hydrogen) atoms. The largest absolute Gasteiger partial charge is 0.480 e. The van der Waals surface area contributed by atoms with Crippen molar-refractivity contribution in [1.82, 2.24) is 10.6 Å². The lowest BCUT2D eigenvalue weighted by molar-refractivity contribution is -0.150. The number of esters is 1. The summed E-state index contributed by atoms with van der Waals surface area (Å²) < 4.78 is 6.04. The molecule has 0 saturated carbocycles. The molecule has 2 unspecified atom stereocenters. The van der Waals surface area contributed by atoms with Gasteiger partial charge in [-0.3, -0.25) is 14.4 Å². The summed E-state index contributed by atoms with van der Waals surface area (Å²) in [5.74, 6) is -2.31. The van der Waals surface area contributed by atoms with Crippen LogP contribution in [0.4, 0.5) is 0 Å². The fraction of sp³-hybridized carbons (Fsp3) is 0.849. The third-order valence-electron chi connectivity index (χ3n) is 12.0. The van der Waals surface area contributed by atoms with E-state index in [4.69, 9.17) is 14.9 Å². The number of aliphatic carboxylic acids is 1. The third kappa shape index (κ3) is 43.9. The van der Waals surface area contributed by atoms with Gasteiger partial charge in [0, 0.05) is 12.8 Å². The predicted molar refractivity (Wildman–Crippen MR) is 259 cm³/mol. The number of aliphatic hydroxyl groups excluding tert-OH is 1. The van der Waals surface area contributed by atoms with Crippen LogP contribution in [0.5, 0.6) is 0 Å². The van der Waals surface area contributed by atoms with E-state index in [1.807, 2.05) is 0 Å². The number of carbonyl (C=O) groups excluding carboxylic acids is 3. The summed E-state index contributed by atoms with van der Waals surface area (Å²) >= 11 is 0. The van der Waals surface area contributed by atoms with E-state index in [1.54, 1.807) is 0 Å². The Morgan fingerprint density at radius 1 is 0.484 bits per heavy atom. The number of rotatable bonds is 48. The Balaban J connectivity index is 4.24. The first-order valence-electron chi connectivity index (χ1n) is 26.2. The molecule has 0 heterocycles. The van der Waals surface area contributed by atoms with Gasteiger partial charge in [-0.15, -0.1) is 0 Å². The first-order valence-corrected chi connectivity index (χ1v) is 26.2. The van der Waals surface area contributed by atoms with Crippen molar-refractivity contribution < 1.29 is 34.1 Å². The summed E-state index contributed by atoms with van der Waals surface area (Å²) in [7, 11) is 0. The Hall–Kier alpha value is -2.68. The first kappa shape index (κ1) is 59.3. The van der Waals surface area contributed by atoms with Crippen LogP contribution >= 0.6 is 0 Å². The van der Waals surface area contributed by atoms with Crippen LogP contribution in [0, 0.1) is 0 Å². The molecule has 2 atom stereocenters. The Labute approximate surface area is 381 Å². The molecule has 2 amide bonds. The second-order valence-electron chi connectivity index (χ2n) is 18.0. The maximum absolute atomic E-state index is 12.9. The van der Waals surface area contributed by atoms with Crippen LogP contribution in [0.2, 0.25) is 0 Å². The highest BCUT2D eigenvalue weighted by Crippen LogP contribution is 2.19. The van der Waals surface area contributed by atoms with Crippen LogP contribution in [0.3, 0.4) is 0 Å². The van der Waals surface area contributed by atoms with Crippen LogP contribution in [0.15, 0.2) is 24.3 Å². The first-order chi connectivity index (χ1) is 30.3. The summed E-state index contributed by atoms with van der Waals surface area (Å²) in [5.41, 5.74) is 0. The third-order valence-corrected chi connectivity index (χ3v) is 12.0. The standard InChI is InChI=1S/C53H98N2O7/c1-3-5-7-9-11-13-15-17-18-19-20-21-22-23-24-26-28-30-32-37-41-45-52(59)62-48(42-38-34-31-29-27-25-16-14-12-10-8-6-4-2)43-39-35-33-36-40-44-50(57)54-46-51(58)55-49(47-56)53(60)61/h16,25,29,31,48-49,56H,3-15,17-24,26-28,30,32-47H2,1-2H3,(H,54,57)(H,55,58)(H,60,61)/b25-16-,31-29-. The van der Waals surface area contributed by atoms with Gasteiger partial charge in [0.2, 0.25) is 11.8 Å². The molecule has 0 aliphatic heterocycles. The molecule has 0 bridgehead atoms. The van der Waals surface area contributed by atoms with Crippen molar-refractivity contribution in [3.05, 3.63) is 24.3 Å². The second kappa shape index (κ2) is 47.8. The maximum Gasteiger partial charge on any atom is 0.328 e. The van der Waals surface area contributed by atoms with Gasteiger partial charge in [0.15, 0.2) is 0 Å². The molecule has 4 N–H and O–H groups in total. The molecule has 0 radical (unpaired) electrons. The van der Waals surface area contributed by atoms with Crippen LogP contribution in [0.25, 0.3) is 0 Å². The van der Waals surface area contributed by atoms with Gasteiger partial charge in [-0.05, 0) is 64.2 Å². The van der Waals surface area contributed by atoms with Crippen molar-refractivity contribution in [1.29, 1.82) is 0 Å². The molecular weight excluding hydrogens is 777 g/mol. The average Bonchev–Trinajstić information content (AvgIpc) is 3.26. The number of amides is 2. The van der Waals surface area contributed by atoms with Crippen LogP contribution in [-0.4, -0.2) is 59.3 Å². The molecule has 0 rings (SSSR count). The van der Waals surface area contributed by atoms with Gasteiger partial charge in [0.1, 0.15) is 12.1 Å². The smallest absolute Gasteiger partial charge is 0.328 e. The predicted octanol–water partition coefficient (Wildman–Crippen LogP) is 13.9. The van der Waals surface area contributed by atoms with Gasteiger partial charge in [-0.1, -0.05) is 212 Å². The topological polar surface area (TPSA) is 142 Å². The monoisotopic (exact) mass is 875 g/mol. The van der Waals surface area contributed by atoms with Gasteiger partial charge in [-0.2, -0.15) is 0 Å². The molecule has 0 spiro atoms. The Morgan fingerprint density at radius 2 is 0.887 bits per heavy atom. The SMILES string of the molecule is CCCCCCC/C=C\C/C=C\CCCC(CCCCCCCC(=O)NCC(=O)NC(CO)C(=O)O)OC(=O)CCCCCCCCCCCCCCCCCCCCCCC. The molecule has 0 aliphatic rings. The minimum absolute atomic E-state index is 0.0538. The van der Waals surface area contributed by atoms with E-state index in [2.05, 4.69) is 48.8 Å². The zero-order valence-corrected chi connectivity index (χ0v) is 40.4. The van der Waals surface area contributed by atoms with Crippen LogP contribution < -0.4 is 10.6 Å². The minimum atomic E-state index is -1.38. The second-order valence-corrected chi connectivity index (χ2v) is 18.0. The molecule has 0 fully saturated rings. The van der Waals surface area contributed by atoms with Gasteiger partial charge in [-0.25, -0.2) is 4.79 Å². The molecule has 0 aromatic heterocycles. The van der Waals surface area contributed by atoms with Crippen molar-refractivity contribution in [2.24, 2.45) is 0 Å². The van der Waals surface area contributed by atoms with E-state index < -0.39 is 24.5 Å². The van der Waals surface area contributed by atoms with E-state index in [1.165, 1.54) is 161 Å². The van der Waals surface area contributed by atoms with E-state index >= 15 is 0 Å². The van der Waals surface area contributed by atoms with Gasteiger partial charge in [0.25, 0.3) is 0 Å². The minimum Gasteiger partial charge on any atom is -0.480 e. The van der Waals surface area contributed by atoms with Crippen LogP contribution in [0.1, 0.15) is 264 Å². The molecule has 362 valence electrons. The molecule has 0 aliphatic carbocycles. The summed E-state index contributed by atoms with van der Waals surface area (Å²) in [6, 6.07) is -1.38. The fourth-order valence-electron chi connectivity index (χ4n) is 7.93. The Kier molecular flexibility index (Phi) is 45.7. The normalized spacial score (nSPS) is 12.6. The number of carboxylic acid groups (broad SMARTS) is 1. The van der Waals surface area contributed by atoms with Crippen molar-refractivity contribution in [3.8, 4) is 0 Å². The van der Waals surface area contributed by atoms with Gasteiger partial charge < -0.3 is 25.6 Å². The number of hydrogen-bond donors (Lipinski definition) is 4. The lowest BCUT2D eigenvalue weighted by atomic mass is 10.0. The molecular formula is C53H98N2O7. The van der Waals surface area contributed by atoms with Gasteiger partial charge in [0.05, 0.1) is 13.2 Å². The summed E-state index contributed by atoms with van der Waals surface area (Å²) in [6.45, 7) is 3.50. The van der Waals surface area contributed by atoms with Crippen molar-refractivity contribution in [2.75, 3.05) is 13.2 Å². The lowest BCUT2D eigenvalue weighted by Crippen LogP contribution is -2.47. The summed E-state index contributed by atoms with van der Waals surface area (Å²) in [4.78, 5) is 47.8. The fourth-order valence-corrected chi connectivity index (χ4v) is 7.93. The summed E-state index contributed by atoms with van der Waals surface area (Å²) in [5, 5.41) is 22.6. The Bertz CT molecular complexity index is 1090. The number of hydrogen-bond acceptors (Lipinski definition) is 6. The molecule has 0 aromatic carbocycles. The number of carbonyl (C=O) groups is 4. The van der Waals surface area contributed by atoms with Crippen LogP contribution in [-0.2, 0) is 23.9 Å².